The normalized spacial score (nSPS) is 12.2. The molecule has 0 spiro atoms. The van der Waals surface area contributed by atoms with E-state index >= 15 is 0 Å². The number of rotatable bonds is 4. The maximum Gasteiger partial charge on any atom is 0.123 e. The van der Waals surface area contributed by atoms with Gasteiger partial charge in [-0.05, 0) is 42.3 Å². The van der Waals surface area contributed by atoms with Crippen molar-refractivity contribution in [3.8, 4) is 0 Å². The molecule has 1 unspecified atom stereocenters. The molecule has 0 aromatic heterocycles. The molecule has 1 atom stereocenters. The van der Waals surface area contributed by atoms with Gasteiger partial charge >= 0.3 is 0 Å². The van der Waals surface area contributed by atoms with E-state index in [1.54, 1.807) is 12.1 Å². The highest BCUT2D eigenvalue weighted by atomic mass is 19.1. The van der Waals surface area contributed by atoms with Gasteiger partial charge in [-0.15, -0.1) is 0 Å². The van der Waals surface area contributed by atoms with Gasteiger partial charge < -0.3 is 10.6 Å². The Kier molecular flexibility index (Phi) is 4.17. The summed E-state index contributed by atoms with van der Waals surface area (Å²) in [6, 6.07) is 14.8. The van der Waals surface area contributed by atoms with Crippen molar-refractivity contribution in [2.45, 2.75) is 13.0 Å². The summed E-state index contributed by atoms with van der Waals surface area (Å²) >= 11 is 0. The van der Waals surface area contributed by atoms with E-state index in [0.29, 0.717) is 6.54 Å². The van der Waals surface area contributed by atoms with Crippen LogP contribution in [0.15, 0.2) is 48.5 Å². The largest absolute Gasteiger partial charge is 0.366 e. The van der Waals surface area contributed by atoms with E-state index in [1.165, 1.54) is 17.7 Å². The number of anilines is 1. The Morgan fingerprint density at radius 3 is 2.42 bits per heavy atom. The maximum absolute atomic E-state index is 13.0. The highest BCUT2D eigenvalue weighted by Crippen LogP contribution is 2.25. The first-order chi connectivity index (χ1) is 9.11. The lowest BCUT2D eigenvalue weighted by molar-refractivity contribution is 0.622. The third kappa shape index (κ3) is 3.12. The van der Waals surface area contributed by atoms with Crippen molar-refractivity contribution in [1.29, 1.82) is 0 Å². The second kappa shape index (κ2) is 5.85. The molecule has 3 heteroatoms. The fourth-order valence-corrected chi connectivity index (χ4v) is 2.23. The van der Waals surface area contributed by atoms with Crippen LogP contribution in [0.25, 0.3) is 0 Å². The monoisotopic (exact) mass is 258 g/mol. The van der Waals surface area contributed by atoms with Crippen LogP contribution in [-0.2, 0) is 0 Å². The first-order valence-electron chi connectivity index (χ1n) is 6.37. The minimum atomic E-state index is -0.224. The van der Waals surface area contributed by atoms with E-state index in [0.717, 1.165) is 11.3 Å². The SMILES string of the molecule is Cc1cccc(N(C)C(CN)c2ccc(F)cc2)c1. The van der Waals surface area contributed by atoms with Crippen LogP contribution in [0.4, 0.5) is 10.1 Å². The third-order valence-corrected chi connectivity index (χ3v) is 3.35. The Morgan fingerprint density at radius 1 is 1.16 bits per heavy atom. The molecule has 19 heavy (non-hydrogen) atoms. The van der Waals surface area contributed by atoms with E-state index in [4.69, 9.17) is 5.73 Å². The molecule has 2 aromatic carbocycles. The van der Waals surface area contributed by atoms with Crippen LogP contribution in [0.3, 0.4) is 0 Å². The highest BCUT2D eigenvalue weighted by molar-refractivity contribution is 5.50. The second-order valence-corrected chi connectivity index (χ2v) is 4.75. The zero-order chi connectivity index (χ0) is 13.8. The van der Waals surface area contributed by atoms with Gasteiger partial charge in [-0.2, -0.15) is 0 Å². The molecule has 0 heterocycles. The molecule has 0 amide bonds. The minimum absolute atomic E-state index is 0.0439. The number of nitrogens with two attached hydrogens (primary N) is 1. The van der Waals surface area contributed by atoms with Crippen LogP contribution >= 0.6 is 0 Å². The highest BCUT2D eigenvalue weighted by Gasteiger charge is 2.16. The third-order valence-electron chi connectivity index (χ3n) is 3.35. The maximum atomic E-state index is 13.0. The summed E-state index contributed by atoms with van der Waals surface area (Å²) in [6.07, 6.45) is 0. The number of nitrogens with zero attached hydrogens (tertiary/aromatic N) is 1. The number of hydrogen-bond donors (Lipinski definition) is 1. The first-order valence-corrected chi connectivity index (χ1v) is 6.37. The molecule has 0 aliphatic heterocycles. The number of benzene rings is 2. The van der Waals surface area contributed by atoms with Crippen molar-refractivity contribution >= 4 is 5.69 Å². The molecule has 100 valence electrons. The van der Waals surface area contributed by atoms with Gasteiger partial charge in [0.1, 0.15) is 5.82 Å². The molecule has 0 aliphatic carbocycles. The van der Waals surface area contributed by atoms with Crippen LogP contribution < -0.4 is 10.6 Å². The Bertz CT molecular complexity index is 537. The van der Waals surface area contributed by atoms with E-state index in [9.17, 15) is 4.39 Å². The van der Waals surface area contributed by atoms with E-state index in [1.807, 2.05) is 13.1 Å². The number of likely N-dealkylation sites (N-methyl/N-ethyl adjacent to an activating group) is 1. The second-order valence-electron chi connectivity index (χ2n) is 4.75. The van der Waals surface area contributed by atoms with Gasteiger partial charge in [0.25, 0.3) is 0 Å². The molecular formula is C16H19FN2. The van der Waals surface area contributed by atoms with Crippen molar-refractivity contribution in [2.75, 3.05) is 18.5 Å². The quantitative estimate of drug-likeness (QED) is 0.912. The van der Waals surface area contributed by atoms with Gasteiger partial charge in [0.05, 0.1) is 6.04 Å². The topological polar surface area (TPSA) is 29.3 Å². The van der Waals surface area contributed by atoms with Gasteiger partial charge in [-0.3, -0.25) is 0 Å². The molecule has 2 aromatic rings. The van der Waals surface area contributed by atoms with Gasteiger partial charge in [0, 0.05) is 19.3 Å². The van der Waals surface area contributed by atoms with E-state index in [-0.39, 0.29) is 11.9 Å². The van der Waals surface area contributed by atoms with Crippen LogP contribution in [-0.4, -0.2) is 13.6 Å². The van der Waals surface area contributed by atoms with Crippen molar-refractivity contribution in [3.63, 3.8) is 0 Å². The molecule has 0 saturated carbocycles. The first kappa shape index (κ1) is 13.6. The number of halogens is 1. The summed E-state index contributed by atoms with van der Waals surface area (Å²) in [5, 5.41) is 0. The lowest BCUT2D eigenvalue weighted by Gasteiger charge is -2.29. The summed E-state index contributed by atoms with van der Waals surface area (Å²) in [4.78, 5) is 2.13. The standard InChI is InChI=1S/C16H19FN2/c1-12-4-3-5-15(10-12)19(2)16(11-18)13-6-8-14(17)9-7-13/h3-10,16H,11,18H2,1-2H3. The molecule has 2 N–H and O–H groups in total. The fourth-order valence-electron chi connectivity index (χ4n) is 2.23. The molecule has 2 nitrogen and oxygen atoms in total. The Balaban J connectivity index is 2.28. The molecule has 0 saturated heterocycles. The lowest BCUT2D eigenvalue weighted by Crippen LogP contribution is -2.30. The van der Waals surface area contributed by atoms with Crippen molar-refractivity contribution in [2.24, 2.45) is 5.73 Å². The number of aryl methyl sites for hydroxylation is 1. The summed E-state index contributed by atoms with van der Waals surface area (Å²) in [5.41, 5.74) is 9.22. The predicted molar refractivity (Wildman–Crippen MR) is 77.8 cm³/mol. The average Bonchev–Trinajstić information content (AvgIpc) is 2.41. The van der Waals surface area contributed by atoms with Gasteiger partial charge in [0.15, 0.2) is 0 Å². The van der Waals surface area contributed by atoms with E-state index in [2.05, 4.69) is 30.0 Å². The van der Waals surface area contributed by atoms with Gasteiger partial charge in [-0.25, -0.2) is 4.39 Å². The molecule has 0 fully saturated rings. The molecular weight excluding hydrogens is 239 g/mol. The Labute approximate surface area is 113 Å². The molecule has 0 aliphatic rings. The van der Waals surface area contributed by atoms with Crippen molar-refractivity contribution < 1.29 is 4.39 Å². The Hall–Kier alpha value is -1.87. The molecule has 0 bridgehead atoms. The number of hydrogen-bond acceptors (Lipinski definition) is 2. The lowest BCUT2D eigenvalue weighted by atomic mass is 10.0. The summed E-state index contributed by atoms with van der Waals surface area (Å²) in [5.74, 6) is -0.224. The zero-order valence-corrected chi connectivity index (χ0v) is 11.3. The smallest absolute Gasteiger partial charge is 0.123 e. The van der Waals surface area contributed by atoms with Crippen LogP contribution in [0.1, 0.15) is 17.2 Å². The summed E-state index contributed by atoms with van der Waals surface area (Å²) < 4.78 is 13.0. The van der Waals surface area contributed by atoms with Gasteiger partial charge in [-0.1, -0.05) is 24.3 Å². The molecule has 0 radical (unpaired) electrons. The summed E-state index contributed by atoms with van der Waals surface area (Å²) in [6.45, 7) is 2.54. The zero-order valence-electron chi connectivity index (χ0n) is 11.3. The minimum Gasteiger partial charge on any atom is -0.366 e. The van der Waals surface area contributed by atoms with Crippen molar-refractivity contribution in [3.05, 3.63) is 65.5 Å². The van der Waals surface area contributed by atoms with Gasteiger partial charge in [0.2, 0.25) is 0 Å². The van der Waals surface area contributed by atoms with Crippen LogP contribution in [0.5, 0.6) is 0 Å². The predicted octanol–water partition coefficient (Wildman–Crippen LogP) is 3.27. The van der Waals surface area contributed by atoms with Crippen LogP contribution in [0, 0.1) is 12.7 Å². The molecule has 2 rings (SSSR count). The summed E-state index contributed by atoms with van der Waals surface area (Å²) in [7, 11) is 2.01. The van der Waals surface area contributed by atoms with Crippen molar-refractivity contribution in [1.82, 2.24) is 0 Å². The van der Waals surface area contributed by atoms with E-state index < -0.39 is 0 Å². The van der Waals surface area contributed by atoms with Crippen LogP contribution in [0.2, 0.25) is 0 Å². The fraction of sp³-hybridized carbons (Fsp3) is 0.250. The average molecular weight is 258 g/mol. The Morgan fingerprint density at radius 2 is 1.84 bits per heavy atom.